The van der Waals surface area contributed by atoms with Crippen molar-refractivity contribution in [2.24, 2.45) is 0 Å². The molecule has 118 valence electrons. The van der Waals surface area contributed by atoms with E-state index in [4.69, 9.17) is 10.5 Å². The van der Waals surface area contributed by atoms with Gasteiger partial charge >= 0.3 is 5.97 Å². The first kappa shape index (κ1) is 16.3. The number of carboxylic acids is 1. The van der Waals surface area contributed by atoms with Crippen molar-refractivity contribution in [3.05, 3.63) is 42.0 Å². The number of benzene rings is 1. The Morgan fingerprint density at radius 2 is 1.87 bits per heavy atom. The molecular formula is C16H16N4O3. The van der Waals surface area contributed by atoms with Crippen LogP contribution >= 0.6 is 0 Å². The minimum absolute atomic E-state index is 0.187. The molecule has 0 spiro atoms. The summed E-state index contributed by atoms with van der Waals surface area (Å²) < 4.78 is 0. The number of carbonyl (C=O) groups is 2. The van der Waals surface area contributed by atoms with Gasteiger partial charge in [0.1, 0.15) is 18.1 Å². The summed E-state index contributed by atoms with van der Waals surface area (Å²) in [5.41, 5.74) is 2.07. The molecule has 1 heterocycles. The summed E-state index contributed by atoms with van der Waals surface area (Å²) in [6.07, 6.45) is 3.31. The van der Waals surface area contributed by atoms with Crippen LogP contribution < -0.4 is 5.32 Å². The molecule has 0 bridgehead atoms. The lowest BCUT2D eigenvalue weighted by atomic mass is 9.99. The fourth-order valence-electron chi connectivity index (χ4n) is 1.99. The molecule has 1 aromatic heterocycles. The highest BCUT2D eigenvalue weighted by molar-refractivity contribution is 6.45. The average molecular weight is 312 g/mol. The van der Waals surface area contributed by atoms with E-state index in [9.17, 15) is 9.59 Å². The normalized spacial score (nSPS) is 10.2. The first-order valence-electron chi connectivity index (χ1n) is 6.87. The van der Waals surface area contributed by atoms with Crippen LogP contribution in [0.25, 0.3) is 11.1 Å². The third kappa shape index (κ3) is 3.97. The van der Waals surface area contributed by atoms with E-state index in [1.165, 1.54) is 6.92 Å². The molecule has 7 nitrogen and oxygen atoms in total. The molecule has 0 unspecified atom stereocenters. The number of carboxylic acid groups (broad SMARTS) is 1. The number of aromatic nitrogens is 2. The molecular weight excluding hydrogens is 296 g/mol. The van der Waals surface area contributed by atoms with E-state index >= 15 is 0 Å². The Kier molecular flexibility index (Phi) is 4.80. The molecule has 2 aromatic rings. The van der Waals surface area contributed by atoms with Gasteiger partial charge in [0, 0.05) is 36.1 Å². The number of hydrogen-bond acceptors (Lipinski definition) is 6. The van der Waals surface area contributed by atoms with Gasteiger partial charge in [-0.1, -0.05) is 6.07 Å². The van der Waals surface area contributed by atoms with Crippen LogP contribution in [0.2, 0.25) is 0 Å². The molecule has 0 atom stereocenters. The van der Waals surface area contributed by atoms with Crippen molar-refractivity contribution < 1.29 is 14.7 Å². The Bertz CT molecular complexity index is 769. The lowest BCUT2D eigenvalue weighted by Gasteiger charge is -2.12. The highest BCUT2D eigenvalue weighted by Crippen LogP contribution is 2.25. The molecule has 2 rings (SSSR count). The number of hydrogen-bond donors (Lipinski definition) is 3. The third-order valence-corrected chi connectivity index (χ3v) is 3.19. The fraction of sp³-hybridized carbons (Fsp3) is 0.188. The van der Waals surface area contributed by atoms with E-state index in [1.807, 2.05) is 0 Å². The smallest absolute Gasteiger partial charge is 0.322 e. The van der Waals surface area contributed by atoms with Gasteiger partial charge in [-0.2, -0.15) is 0 Å². The maximum absolute atomic E-state index is 11.5. The summed E-state index contributed by atoms with van der Waals surface area (Å²) >= 11 is 0. The first-order chi connectivity index (χ1) is 10.9. The van der Waals surface area contributed by atoms with Gasteiger partial charge in [-0.05, 0) is 24.6 Å². The topological polar surface area (TPSA) is 116 Å². The fourth-order valence-corrected chi connectivity index (χ4v) is 1.99. The molecule has 0 aliphatic carbocycles. The monoisotopic (exact) mass is 312 g/mol. The number of carbonyl (C=O) groups excluding carboxylic acids is 1. The molecule has 7 heteroatoms. The van der Waals surface area contributed by atoms with Crippen molar-refractivity contribution in [3.8, 4) is 11.1 Å². The molecule has 0 aliphatic rings. The Balaban J connectivity index is 2.45. The van der Waals surface area contributed by atoms with Crippen molar-refractivity contribution in [1.29, 1.82) is 5.41 Å². The Labute approximate surface area is 132 Å². The van der Waals surface area contributed by atoms with Crippen LogP contribution in [0.5, 0.6) is 0 Å². The molecule has 3 N–H and O–H groups in total. The van der Waals surface area contributed by atoms with E-state index in [0.717, 1.165) is 11.1 Å². The van der Waals surface area contributed by atoms with E-state index < -0.39 is 11.8 Å². The Hall–Kier alpha value is -3.09. The minimum atomic E-state index is -1.03. The van der Waals surface area contributed by atoms with Crippen LogP contribution in [-0.2, 0) is 9.59 Å². The van der Waals surface area contributed by atoms with Gasteiger partial charge in [0.05, 0.1) is 0 Å². The molecule has 0 amide bonds. The van der Waals surface area contributed by atoms with Crippen LogP contribution in [0.15, 0.2) is 30.6 Å². The molecule has 0 fully saturated rings. The van der Waals surface area contributed by atoms with E-state index in [0.29, 0.717) is 17.1 Å². The second-order valence-electron chi connectivity index (χ2n) is 4.96. The Morgan fingerprint density at radius 3 is 2.43 bits per heavy atom. The molecule has 0 saturated heterocycles. The molecule has 0 saturated carbocycles. The summed E-state index contributed by atoms with van der Waals surface area (Å²) in [7, 11) is 0. The summed E-state index contributed by atoms with van der Waals surface area (Å²) in [5.74, 6) is -0.785. The van der Waals surface area contributed by atoms with Gasteiger partial charge < -0.3 is 10.4 Å². The van der Waals surface area contributed by atoms with Crippen molar-refractivity contribution in [3.63, 3.8) is 0 Å². The Morgan fingerprint density at radius 1 is 1.22 bits per heavy atom. The molecule has 1 aromatic carbocycles. The highest BCUT2D eigenvalue weighted by atomic mass is 16.4. The number of aliphatic carboxylic acids is 1. The zero-order valence-electron chi connectivity index (χ0n) is 12.8. The van der Waals surface area contributed by atoms with Gasteiger partial charge in [-0.3, -0.25) is 15.0 Å². The van der Waals surface area contributed by atoms with Crippen LogP contribution in [0.4, 0.5) is 5.69 Å². The maximum atomic E-state index is 11.5. The van der Waals surface area contributed by atoms with Gasteiger partial charge in [-0.25, -0.2) is 9.97 Å². The summed E-state index contributed by atoms with van der Waals surface area (Å²) in [4.78, 5) is 30.5. The van der Waals surface area contributed by atoms with Crippen LogP contribution in [0.3, 0.4) is 0 Å². The zero-order chi connectivity index (χ0) is 17.0. The van der Waals surface area contributed by atoms with Crippen molar-refractivity contribution in [2.75, 3.05) is 11.9 Å². The first-order valence-corrected chi connectivity index (χ1v) is 6.87. The molecule has 23 heavy (non-hydrogen) atoms. The van der Waals surface area contributed by atoms with Crippen LogP contribution in [0, 0.1) is 12.3 Å². The number of ketones is 1. The second-order valence-corrected chi connectivity index (χ2v) is 4.96. The number of rotatable bonds is 6. The van der Waals surface area contributed by atoms with E-state index in [2.05, 4.69) is 15.3 Å². The summed E-state index contributed by atoms with van der Waals surface area (Å²) in [6.45, 7) is 2.77. The van der Waals surface area contributed by atoms with E-state index in [-0.39, 0.29) is 12.3 Å². The highest BCUT2D eigenvalue weighted by Gasteiger charge is 2.14. The number of nitrogens with one attached hydrogen (secondary N) is 2. The maximum Gasteiger partial charge on any atom is 0.322 e. The lowest BCUT2D eigenvalue weighted by Crippen LogP contribution is -2.17. The van der Waals surface area contributed by atoms with Crippen molar-refractivity contribution in [1.82, 2.24) is 9.97 Å². The zero-order valence-corrected chi connectivity index (χ0v) is 12.8. The summed E-state index contributed by atoms with van der Waals surface area (Å²) in [6, 6.07) is 5.06. The number of anilines is 1. The van der Waals surface area contributed by atoms with Crippen molar-refractivity contribution >= 4 is 23.2 Å². The average Bonchev–Trinajstić information content (AvgIpc) is 2.52. The number of aryl methyl sites for hydroxylation is 1. The molecule has 0 aliphatic heterocycles. The van der Waals surface area contributed by atoms with Crippen LogP contribution in [-0.4, -0.2) is 39.1 Å². The van der Waals surface area contributed by atoms with Gasteiger partial charge in [-0.15, -0.1) is 0 Å². The molecule has 0 radical (unpaired) electrons. The van der Waals surface area contributed by atoms with E-state index in [1.54, 1.807) is 37.5 Å². The standard InChI is InChI=1S/C16H16N4O3/c1-9(21)16(17)13-5-11(12-6-18-10(2)19-7-12)3-4-14(13)20-8-15(22)23/h3-7,17,20H,8H2,1-2H3,(H,22,23). The van der Waals surface area contributed by atoms with Gasteiger partial charge in [0.25, 0.3) is 0 Å². The minimum Gasteiger partial charge on any atom is -0.480 e. The summed E-state index contributed by atoms with van der Waals surface area (Å²) in [5, 5.41) is 19.4. The lowest BCUT2D eigenvalue weighted by molar-refractivity contribution is -0.134. The second kappa shape index (κ2) is 6.78. The number of nitrogens with zero attached hydrogens (tertiary/aromatic N) is 2. The van der Waals surface area contributed by atoms with Gasteiger partial charge in [0.15, 0.2) is 5.78 Å². The van der Waals surface area contributed by atoms with Crippen LogP contribution in [0.1, 0.15) is 18.3 Å². The number of Topliss-reactive ketones (excluding diaryl/α,β-unsaturated/α-hetero) is 1. The quantitative estimate of drug-likeness (QED) is 0.702. The van der Waals surface area contributed by atoms with Gasteiger partial charge in [0.2, 0.25) is 0 Å². The predicted molar refractivity (Wildman–Crippen MR) is 85.8 cm³/mol. The van der Waals surface area contributed by atoms with Crippen molar-refractivity contribution in [2.45, 2.75) is 13.8 Å². The SMILES string of the molecule is CC(=O)C(=N)c1cc(-c2cnc(C)nc2)ccc1NCC(=O)O. The third-order valence-electron chi connectivity index (χ3n) is 3.19. The predicted octanol–water partition coefficient (Wildman–Crippen LogP) is 1.91. The largest absolute Gasteiger partial charge is 0.480 e.